The Kier molecular flexibility index (Phi) is 3.43. The van der Waals surface area contributed by atoms with E-state index >= 15 is 0 Å². The molecule has 0 fully saturated rings. The molecule has 1 heterocycles. The van der Waals surface area contributed by atoms with Gasteiger partial charge in [-0.05, 0) is 29.7 Å². The quantitative estimate of drug-likeness (QED) is 0.754. The van der Waals surface area contributed by atoms with E-state index < -0.39 is 0 Å². The molecule has 0 aliphatic heterocycles. The lowest BCUT2D eigenvalue weighted by Gasteiger charge is -2.09. The highest BCUT2D eigenvalue weighted by Gasteiger charge is 2.10. The lowest BCUT2D eigenvalue weighted by atomic mass is 10.00. The zero-order valence-electron chi connectivity index (χ0n) is 9.74. The minimum Gasteiger partial charge on any atom is -0.255 e. The SMILES string of the molecule is CC(C)c1ccc(-c2ncccc2Cl)cc1F. The van der Waals surface area contributed by atoms with Crippen LogP contribution in [0.15, 0.2) is 36.5 Å². The van der Waals surface area contributed by atoms with Gasteiger partial charge < -0.3 is 0 Å². The van der Waals surface area contributed by atoms with E-state index in [0.29, 0.717) is 21.8 Å². The number of hydrogen-bond acceptors (Lipinski definition) is 1. The predicted octanol–water partition coefficient (Wildman–Crippen LogP) is 4.66. The molecule has 0 saturated heterocycles. The molecule has 2 rings (SSSR count). The van der Waals surface area contributed by atoms with Crippen LogP contribution in [0.1, 0.15) is 25.3 Å². The molecule has 2 aromatic rings. The van der Waals surface area contributed by atoms with Crippen molar-refractivity contribution in [2.24, 2.45) is 0 Å². The molecule has 17 heavy (non-hydrogen) atoms. The summed E-state index contributed by atoms with van der Waals surface area (Å²) in [5.41, 5.74) is 2.03. The van der Waals surface area contributed by atoms with Crippen LogP contribution in [0.4, 0.5) is 4.39 Å². The summed E-state index contributed by atoms with van der Waals surface area (Å²) >= 11 is 6.03. The number of aromatic nitrogens is 1. The van der Waals surface area contributed by atoms with E-state index in [-0.39, 0.29) is 11.7 Å². The van der Waals surface area contributed by atoms with E-state index in [2.05, 4.69) is 4.98 Å². The summed E-state index contributed by atoms with van der Waals surface area (Å²) in [5, 5.41) is 0.532. The molecule has 0 atom stereocenters. The first-order valence-corrected chi connectivity index (χ1v) is 5.87. The predicted molar refractivity (Wildman–Crippen MR) is 68.7 cm³/mol. The lowest BCUT2D eigenvalue weighted by Crippen LogP contribution is -1.94. The van der Waals surface area contributed by atoms with Gasteiger partial charge in [0.05, 0.1) is 10.7 Å². The second-order valence-electron chi connectivity index (χ2n) is 4.22. The first-order chi connectivity index (χ1) is 8.09. The topological polar surface area (TPSA) is 12.9 Å². The van der Waals surface area contributed by atoms with Gasteiger partial charge in [-0.3, -0.25) is 4.98 Å². The maximum absolute atomic E-state index is 13.8. The van der Waals surface area contributed by atoms with Crippen molar-refractivity contribution in [3.05, 3.63) is 52.9 Å². The van der Waals surface area contributed by atoms with E-state index in [0.717, 1.165) is 0 Å². The standard InChI is InChI=1S/C14H13ClFN/c1-9(2)11-6-5-10(8-13(11)16)14-12(15)4-3-7-17-14/h3-9H,1-2H3. The van der Waals surface area contributed by atoms with Crippen molar-refractivity contribution in [1.29, 1.82) is 0 Å². The number of nitrogens with zero attached hydrogens (tertiary/aromatic N) is 1. The average Bonchev–Trinajstić information content (AvgIpc) is 2.29. The Morgan fingerprint density at radius 1 is 1.24 bits per heavy atom. The van der Waals surface area contributed by atoms with Crippen molar-refractivity contribution in [1.82, 2.24) is 4.98 Å². The number of hydrogen-bond donors (Lipinski definition) is 0. The third kappa shape index (κ3) is 2.47. The van der Waals surface area contributed by atoms with Crippen molar-refractivity contribution < 1.29 is 4.39 Å². The Morgan fingerprint density at radius 3 is 2.59 bits per heavy atom. The molecule has 0 amide bonds. The van der Waals surface area contributed by atoms with Gasteiger partial charge in [0, 0.05) is 11.8 Å². The summed E-state index contributed by atoms with van der Waals surface area (Å²) in [6, 6.07) is 8.64. The smallest absolute Gasteiger partial charge is 0.127 e. The Bertz CT molecular complexity index is 537. The van der Waals surface area contributed by atoms with E-state index in [1.165, 1.54) is 6.07 Å². The summed E-state index contributed by atoms with van der Waals surface area (Å²) in [6.45, 7) is 3.93. The zero-order chi connectivity index (χ0) is 12.4. The molecule has 0 aliphatic rings. The molecule has 0 saturated carbocycles. The Hall–Kier alpha value is -1.41. The highest BCUT2D eigenvalue weighted by molar-refractivity contribution is 6.33. The largest absolute Gasteiger partial charge is 0.255 e. The maximum Gasteiger partial charge on any atom is 0.127 e. The Labute approximate surface area is 105 Å². The summed E-state index contributed by atoms with van der Waals surface area (Å²) in [6.07, 6.45) is 1.65. The van der Waals surface area contributed by atoms with Crippen molar-refractivity contribution in [2.75, 3.05) is 0 Å². The Morgan fingerprint density at radius 2 is 2.00 bits per heavy atom. The van der Waals surface area contributed by atoms with Gasteiger partial charge in [0.1, 0.15) is 5.82 Å². The molecule has 0 bridgehead atoms. The summed E-state index contributed by atoms with van der Waals surface area (Å²) in [7, 11) is 0. The van der Waals surface area contributed by atoms with Crippen LogP contribution in [-0.2, 0) is 0 Å². The second-order valence-corrected chi connectivity index (χ2v) is 4.63. The number of benzene rings is 1. The zero-order valence-corrected chi connectivity index (χ0v) is 10.5. The van der Waals surface area contributed by atoms with Crippen LogP contribution in [0.2, 0.25) is 5.02 Å². The first-order valence-electron chi connectivity index (χ1n) is 5.50. The van der Waals surface area contributed by atoms with Crippen molar-refractivity contribution in [3.8, 4) is 11.3 Å². The van der Waals surface area contributed by atoms with Gasteiger partial charge >= 0.3 is 0 Å². The molecule has 88 valence electrons. The van der Waals surface area contributed by atoms with Crippen molar-refractivity contribution in [3.63, 3.8) is 0 Å². The average molecular weight is 250 g/mol. The third-order valence-corrected chi connectivity index (χ3v) is 2.96. The van der Waals surface area contributed by atoms with Crippen molar-refractivity contribution >= 4 is 11.6 Å². The van der Waals surface area contributed by atoms with Gasteiger partial charge in [0.15, 0.2) is 0 Å². The summed E-state index contributed by atoms with van der Waals surface area (Å²) in [4.78, 5) is 4.17. The fourth-order valence-electron chi connectivity index (χ4n) is 1.74. The normalized spacial score (nSPS) is 10.9. The van der Waals surface area contributed by atoms with Gasteiger partial charge in [-0.25, -0.2) is 4.39 Å². The monoisotopic (exact) mass is 249 g/mol. The van der Waals surface area contributed by atoms with Crippen LogP contribution in [0.25, 0.3) is 11.3 Å². The van der Waals surface area contributed by atoms with Gasteiger partial charge in [-0.1, -0.05) is 37.6 Å². The molecule has 1 aromatic carbocycles. The van der Waals surface area contributed by atoms with Crippen LogP contribution >= 0.6 is 11.6 Å². The molecule has 0 N–H and O–H groups in total. The van der Waals surface area contributed by atoms with Gasteiger partial charge in [-0.2, -0.15) is 0 Å². The Balaban J connectivity index is 2.49. The molecule has 1 aromatic heterocycles. The molecule has 0 spiro atoms. The molecular weight excluding hydrogens is 237 g/mol. The van der Waals surface area contributed by atoms with E-state index in [9.17, 15) is 4.39 Å². The van der Waals surface area contributed by atoms with E-state index in [4.69, 9.17) is 11.6 Å². The number of rotatable bonds is 2. The molecule has 1 nitrogen and oxygen atoms in total. The van der Waals surface area contributed by atoms with Gasteiger partial charge in [-0.15, -0.1) is 0 Å². The van der Waals surface area contributed by atoms with Gasteiger partial charge in [0.25, 0.3) is 0 Å². The first kappa shape index (κ1) is 12.1. The minimum atomic E-state index is -0.209. The molecular formula is C14H13ClFN. The highest BCUT2D eigenvalue weighted by Crippen LogP contribution is 2.28. The van der Waals surface area contributed by atoms with Crippen molar-refractivity contribution in [2.45, 2.75) is 19.8 Å². The molecule has 0 unspecified atom stereocenters. The van der Waals surface area contributed by atoms with Gasteiger partial charge in [0.2, 0.25) is 0 Å². The summed E-state index contributed by atoms with van der Waals surface area (Å²) in [5.74, 6) is -0.0394. The van der Waals surface area contributed by atoms with Crippen LogP contribution in [0.5, 0.6) is 0 Å². The highest BCUT2D eigenvalue weighted by atomic mass is 35.5. The minimum absolute atomic E-state index is 0.170. The maximum atomic E-state index is 13.8. The number of halogens is 2. The number of pyridine rings is 1. The second kappa shape index (κ2) is 4.84. The van der Waals surface area contributed by atoms with Crippen LogP contribution in [-0.4, -0.2) is 4.98 Å². The van der Waals surface area contributed by atoms with E-state index in [1.54, 1.807) is 24.4 Å². The molecule has 0 aliphatic carbocycles. The lowest BCUT2D eigenvalue weighted by molar-refractivity contribution is 0.599. The summed E-state index contributed by atoms with van der Waals surface area (Å²) < 4.78 is 13.8. The van der Waals surface area contributed by atoms with E-state index in [1.807, 2.05) is 19.9 Å². The van der Waals surface area contributed by atoms with Crippen LogP contribution < -0.4 is 0 Å². The fourth-order valence-corrected chi connectivity index (χ4v) is 1.97. The molecule has 3 heteroatoms. The third-order valence-electron chi connectivity index (χ3n) is 2.65. The van der Waals surface area contributed by atoms with Crippen LogP contribution in [0.3, 0.4) is 0 Å². The molecule has 0 radical (unpaired) electrons. The fraction of sp³-hybridized carbons (Fsp3) is 0.214. The van der Waals surface area contributed by atoms with Crippen LogP contribution in [0, 0.1) is 5.82 Å².